The molecular formula is C31H29Cl3FN7O4S. The number of halogens is 4. The number of aryl methyl sites for hydroxylation is 1. The molecule has 0 bridgehead atoms. The zero-order chi connectivity index (χ0) is 34.3. The van der Waals surface area contributed by atoms with Crippen molar-refractivity contribution in [1.29, 1.82) is 0 Å². The van der Waals surface area contributed by atoms with Crippen molar-refractivity contribution >= 4 is 73.1 Å². The van der Waals surface area contributed by atoms with Gasteiger partial charge in [-0.2, -0.15) is 4.98 Å². The number of benzene rings is 1. The van der Waals surface area contributed by atoms with E-state index >= 15 is 4.39 Å². The van der Waals surface area contributed by atoms with Gasteiger partial charge in [-0.05, 0) is 43.5 Å². The molecule has 2 aliphatic rings. The summed E-state index contributed by atoms with van der Waals surface area (Å²) in [6.45, 7) is 11.0. The predicted octanol–water partition coefficient (Wildman–Crippen LogP) is 5.34. The lowest BCUT2D eigenvalue weighted by Crippen LogP contribution is -2.60. The van der Waals surface area contributed by atoms with Crippen LogP contribution in [-0.4, -0.2) is 69.7 Å². The number of rotatable bonds is 4. The second-order valence-corrected chi connectivity index (χ2v) is 15.1. The molecule has 16 heteroatoms. The van der Waals surface area contributed by atoms with Gasteiger partial charge in [0.2, 0.25) is 5.91 Å². The lowest BCUT2D eigenvalue weighted by molar-refractivity contribution is -0.128. The number of piperazine rings is 1. The number of aromatic nitrogens is 4. The first-order valence-corrected chi connectivity index (χ1v) is 17.4. The molecule has 11 nitrogen and oxygen atoms in total. The molecule has 1 saturated heterocycles. The smallest absolute Gasteiger partial charge is 0.355 e. The fourth-order valence-corrected chi connectivity index (χ4v) is 9.24. The van der Waals surface area contributed by atoms with Crippen molar-refractivity contribution in [3.05, 3.63) is 73.6 Å². The van der Waals surface area contributed by atoms with Gasteiger partial charge in [0.15, 0.2) is 21.3 Å². The molecule has 5 heterocycles. The maximum Gasteiger partial charge on any atom is 0.355 e. The molecule has 0 aliphatic carbocycles. The minimum atomic E-state index is -4.36. The number of carbonyl (C=O) groups excluding carboxylic acids is 1. The standard InChI is InChI=1S/C31H29Cl3FN7O4S/c1-6-19(43)40-11-16-12-47(45,46)28-21-29(41(16)10-15(40)5)39-31(44)42(27-14(4)7-8-37-25(27)13(2)3)30(21)38-26(22(28)34)20-23(35)17(32)9-18(33)24(20)36/h6-9,13,15-16H,1,10-12,36H2,2-5H3. The van der Waals surface area contributed by atoms with Crippen molar-refractivity contribution in [2.45, 2.75) is 50.6 Å². The summed E-state index contributed by atoms with van der Waals surface area (Å²) in [5, 5.41) is -1.01. The molecular weight excluding hydrogens is 692 g/mol. The number of carbonyl (C=O) groups is 1. The van der Waals surface area contributed by atoms with E-state index in [2.05, 4.69) is 16.5 Å². The Morgan fingerprint density at radius 2 is 1.89 bits per heavy atom. The largest absolute Gasteiger partial charge is 0.397 e. The number of nitrogens with zero attached hydrogens (tertiary/aromatic N) is 6. The monoisotopic (exact) mass is 719 g/mol. The molecule has 246 valence electrons. The van der Waals surface area contributed by atoms with Crippen LogP contribution in [0.4, 0.5) is 15.9 Å². The topological polar surface area (TPSA) is 144 Å². The molecule has 47 heavy (non-hydrogen) atoms. The molecule has 0 saturated carbocycles. The number of fused-ring (bicyclic) bond motifs is 2. The highest BCUT2D eigenvalue weighted by molar-refractivity contribution is 7.91. The highest BCUT2D eigenvalue weighted by atomic mass is 35.5. The first-order chi connectivity index (χ1) is 22.1. The minimum Gasteiger partial charge on any atom is -0.397 e. The summed E-state index contributed by atoms with van der Waals surface area (Å²) in [5.74, 6) is -2.08. The minimum absolute atomic E-state index is 0.00586. The van der Waals surface area contributed by atoms with Crippen molar-refractivity contribution in [3.63, 3.8) is 0 Å². The summed E-state index contributed by atoms with van der Waals surface area (Å²) in [7, 11) is -4.36. The average molecular weight is 721 g/mol. The first kappa shape index (κ1) is 33.1. The van der Waals surface area contributed by atoms with Gasteiger partial charge >= 0.3 is 5.69 Å². The molecule has 0 radical (unpaired) electrons. The summed E-state index contributed by atoms with van der Waals surface area (Å²) in [6.07, 6.45) is 2.76. The molecule has 1 amide bonds. The van der Waals surface area contributed by atoms with Gasteiger partial charge in [0, 0.05) is 25.3 Å². The molecule has 3 aromatic heterocycles. The van der Waals surface area contributed by atoms with E-state index in [0.29, 0.717) is 16.9 Å². The Labute approximate surface area is 284 Å². The van der Waals surface area contributed by atoms with Gasteiger partial charge in [0.1, 0.15) is 10.7 Å². The Hall–Kier alpha value is -3.78. The Balaban J connectivity index is 1.82. The van der Waals surface area contributed by atoms with Gasteiger partial charge in [-0.15, -0.1) is 0 Å². The maximum atomic E-state index is 15.8. The third-order valence-corrected chi connectivity index (χ3v) is 11.5. The maximum absolute atomic E-state index is 15.8. The number of anilines is 2. The van der Waals surface area contributed by atoms with E-state index in [1.807, 2.05) is 13.8 Å². The molecule has 2 N–H and O–H groups in total. The third kappa shape index (κ3) is 5.14. The Morgan fingerprint density at radius 3 is 2.55 bits per heavy atom. The van der Waals surface area contributed by atoms with Gasteiger partial charge < -0.3 is 15.5 Å². The van der Waals surface area contributed by atoms with Gasteiger partial charge in [0.05, 0.1) is 60.6 Å². The first-order valence-electron chi connectivity index (χ1n) is 14.6. The van der Waals surface area contributed by atoms with E-state index in [-0.39, 0.29) is 58.2 Å². The zero-order valence-electron chi connectivity index (χ0n) is 25.7. The van der Waals surface area contributed by atoms with Crippen molar-refractivity contribution in [2.24, 2.45) is 0 Å². The molecule has 6 rings (SSSR count). The summed E-state index contributed by atoms with van der Waals surface area (Å²) in [5.41, 5.74) is 5.67. The summed E-state index contributed by atoms with van der Waals surface area (Å²) in [4.78, 5) is 43.5. The van der Waals surface area contributed by atoms with Crippen molar-refractivity contribution in [2.75, 3.05) is 29.5 Å². The van der Waals surface area contributed by atoms with Gasteiger partial charge in [-0.1, -0.05) is 55.2 Å². The second-order valence-electron chi connectivity index (χ2n) is 11.9. The number of sulfone groups is 1. The molecule has 2 unspecified atom stereocenters. The van der Waals surface area contributed by atoms with E-state index in [1.54, 1.807) is 31.0 Å². The number of amides is 1. The van der Waals surface area contributed by atoms with Crippen molar-refractivity contribution in [3.8, 4) is 16.9 Å². The van der Waals surface area contributed by atoms with Crippen LogP contribution >= 0.6 is 34.8 Å². The van der Waals surface area contributed by atoms with Gasteiger partial charge in [-0.3, -0.25) is 9.78 Å². The van der Waals surface area contributed by atoms with E-state index in [4.69, 9.17) is 45.5 Å². The number of nitrogen functional groups attached to an aromatic ring is 1. The third-order valence-electron chi connectivity index (χ3n) is 8.57. The summed E-state index contributed by atoms with van der Waals surface area (Å²) < 4.78 is 46.0. The van der Waals surface area contributed by atoms with E-state index in [1.165, 1.54) is 9.47 Å². The van der Waals surface area contributed by atoms with Crippen LogP contribution in [0.1, 0.15) is 37.9 Å². The van der Waals surface area contributed by atoms with E-state index < -0.39 is 59.7 Å². The SMILES string of the molecule is C=CC(=O)N1CC2CS(=O)(=O)c3c(Cl)c(-c4c(N)c(Cl)cc(Cl)c4F)nc4c3c(nc(=O)n4-c3c(C)ccnc3C(C)C)N2CC1C. The van der Waals surface area contributed by atoms with Crippen LogP contribution in [-0.2, 0) is 14.6 Å². The zero-order valence-corrected chi connectivity index (χ0v) is 28.8. The Morgan fingerprint density at radius 1 is 1.19 bits per heavy atom. The van der Waals surface area contributed by atoms with E-state index in [0.717, 1.165) is 12.1 Å². The summed E-state index contributed by atoms with van der Waals surface area (Å²) in [6, 6.07) is 1.58. The molecule has 2 aliphatic heterocycles. The van der Waals surface area contributed by atoms with Crippen LogP contribution in [0, 0.1) is 12.7 Å². The molecule has 1 fully saturated rings. The van der Waals surface area contributed by atoms with Crippen LogP contribution in [0.3, 0.4) is 0 Å². The van der Waals surface area contributed by atoms with Crippen molar-refractivity contribution < 1.29 is 17.6 Å². The quantitative estimate of drug-likeness (QED) is 0.168. The fourth-order valence-electron chi connectivity index (χ4n) is 6.37. The normalized spacial score (nSPS) is 18.7. The lowest BCUT2D eigenvalue weighted by atomic mass is 10.0. The van der Waals surface area contributed by atoms with Crippen LogP contribution in [0.25, 0.3) is 28.0 Å². The number of hydrogen-bond donors (Lipinski definition) is 1. The van der Waals surface area contributed by atoms with Gasteiger partial charge in [-0.25, -0.2) is 27.2 Å². The highest BCUT2D eigenvalue weighted by Gasteiger charge is 2.44. The van der Waals surface area contributed by atoms with Crippen molar-refractivity contribution in [1.82, 2.24) is 24.4 Å². The highest BCUT2D eigenvalue weighted by Crippen LogP contribution is 2.47. The average Bonchev–Trinajstić information content (AvgIpc) is 3.09. The number of hydrogen-bond acceptors (Lipinski definition) is 9. The molecule has 2 atom stereocenters. The second kappa shape index (κ2) is 11.7. The molecule has 0 spiro atoms. The van der Waals surface area contributed by atoms with Gasteiger partial charge in [0.25, 0.3) is 0 Å². The lowest BCUT2D eigenvalue weighted by Gasteiger charge is -2.44. The van der Waals surface area contributed by atoms with Crippen LogP contribution in [0.5, 0.6) is 0 Å². The predicted molar refractivity (Wildman–Crippen MR) is 181 cm³/mol. The van der Waals surface area contributed by atoms with Crippen LogP contribution < -0.4 is 16.3 Å². The molecule has 1 aromatic carbocycles. The Kier molecular flexibility index (Phi) is 8.27. The Bertz CT molecular complexity index is 2180. The molecule has 4 aromatic rings. The number of nitrogens with two attached hydrogens (primary N) is 1. The van der Waals surface area contributed by atoms with Crippen LogP contribution in [0.2, 0.25) is 15.1 Å². The number of pyridine rings is 2. The van der Waals surface area contributed by atoms with E-state index in [9.17, 15) is 18.0 Å². The fraction of sp³-hybridized carbons (Fsp3) is 0.323. The summed E-state index contributed by atoms with van der Waals surface area (Å²) >= 11 is 19.4. The van der Waals surface area contributed by atoms with Crippen LogP contribution in [0.15, 0.2) is 40.7 Å².